The van der Waals surface area contributed by atoms with Crippen molar-refractivity contribution in [2.75, 3.05) is 19.0 Å². The Hall–Kier alpha value is -3.47. The van der Waals surface area contributed by atoms with Gasteiger partial charge in [0.1, 0.15) is 5.58 Å². The number of methoxy groups -OCH3 is 1. The smallest absolute Gasteiger partial charge is 0.228 e. The molecule has 0 spiro atoms. The molecule has 0 aliphatic carbocycles. The molecule has 0 atom stereocenters. The number of hydrogen-bond donors (Lipinski definition) is 1. The Balaban J connectivity index is 1.58. The molecule has 142 valence electrons. The van der Waals surface area contributed by atoms with Gasteiger partial charge in [-0.1, -0.05) is 30.3 Å². The zero-order valence-electron chi connectivity index (χ0n) is 15.8. The van der Waals surface area contributed by atoms with Crippen molar-refractivity contribution in [1.82, 2.24) is 0 Å². The van der Waals surface area contributed by atoms with Crippen LogP contribution in [0.3, 0.4) is 0 Å². The number of ether oxygens (including phenoxy) is 2. The third kappa shape index (κ3) is 3.39. The summed E-state index contributed by atoms with van der Waals surface area (Å²) < 4.78 is 16.5. The molecule has 1 heterocycles. The molecule has 4 rings (SSSR count). The number of amides is 1. The number of carbonyl (C=O) groups excluding carboxylic acids is 1. The van der Waals surface area contributed by atoms with Crippen molar-refractivity contribution in [1.29, 1.82) is 0 Å². The predicted molar refractivity (Wildman–Crippen MR) is 110 cm³/mol. The lowest BCUT2D eigenvalue weighted by Crippen LogP contribution is -2.14. The van der Waals surface area contributed by atoms with Crippen molar-refractivity contribution >= 4 is 33.3 Å². The maximum atomic E-state index is 12.6. The molecule has 1 N–H and O–H groups in total. The standard InChI is InChI=1S/C23H21NO4/c1-3-27-19-11-9-17(13-21(19)26-2)24-22(25)12-16-14-28-20-10-8-15-6-4-5-7-18(15)23(16)20/h4-11,13-14H,3,12H2,1-2H3,(H,24,25). The lowest BCUT2D eigenvalue weighted by Gasteiger charge is -2.11. The molecule has 0 saturated heterocycles. The molecular formula is C23H21NO4. The van der Waals surface area contributed by atoms with Gasteiger partial charge in [-0.25, -0.2) is 0 Å². The highest BCUT2D eigenvalue weighted by Crippen LogP contribution is 2.32. The fourth-order valence-corrected chi connectivity index (χ4v) is 3.40. The van der Waals surface area contributed by atoms with Gasteiger partial charge in [0, 0.05) is 22.7 Å². The molecule has 0 fully saturated rings. The molecule has 0 aliphatic heterocycles. The van der Waals surface area contributed by atoms with Gasteiger partial charge in [-0.2, -0.15) is 0 Å². The normalized spacial score (nSPS) is 10.9. The Morgan fingerprint density at radius 1 is 1.07 bits per heavy atom. The largest absolute Gasteiger partial charge is 0.493 e. The van der Waals surface area contributed by atoms with Gasteiger partial charge in [0.25, 0.3) is 0 Å². The van der Waals surface area contributed by atoms with E-state index in [1.807, 2.05) is 37.3 Å². The summed E-state index contributed by atoms with van der Waals surface area (Å²) in [6.45, 7) is 2.46. The average molecular weight is 375 g/mol. The van der Waals surface area contributed by atoms with Crippen molar-refractivity contribution in [3.8, 4) is 11.5 Å². The topological polar surface area (TPSA) is 60.7 Å². The van der Waals surface area contributed by atoms with Crippen molar-refractivity contribution in [2.45, 2.75) is 13.3 Å². The molecule has 28 heavy (non-hydrogen) atoms. The van der Waals surface area contributed by atoms with Gasteiger partial charge in [0.05, 0.1) is 26.4 Å². The zero-order chi connectivity index (χ0) is 19.5. The van der Waals surface area contributed by atoms with Gasteiger partial charge in [0.15, 0.2) is 11.5 Å². The van der Waals surface area contributed by atoms with Gasteiger partial charge in [0.2, 0.25) is 5.91 Å². The predicted octanol–water partition coefficient (Wildman–Crippen LogP) is 5.17. The van der Waals surface area contributed by atoms with Gasteiger partial charge >= 0.3 is 0 Å². The highest BCUT2D eigenvalue weighted by Gasteiger charge is 2.14. The van der Waals surface area contributed by atoms with Crippen LogP contribution in [0.2, 0.25) is 0 Å². The van der Waals surface area contributed by atoms with Gasteiger partial charge in [-0.3, -0.25) is 4.79 Å². The molecule has 0 saturated carbocycles. The first-order chi connectivity index (χ1) is 13.7. The molecule has 4 aromatic rings. The van der Waals surface area contributed by atoms with Crippen LogP contribution in [-0.2, 0) is 11.2 Å². The first kappa shape index (κ1) is 17.9. The maximum Gasteiger partial charge on any atom is 0.228 e. The summed E-state index contributed by atoms with van der Waals surface area (Å²) >= 11 is 0. The molecule has 0 aliphatic rings. The summed E-state index contributed by atoms with van der Waals surface area (Å²) in [5.41, 5.74) is 2.30. The van der Waals surface area contributed by atoms with Crippen molar-refractivity contribution in [3.05, 3.63) is 66.4 Å². The molecular weight excluding hydrogens is 354 g/mol. The first-order valence-electron chi connectivity index (χ1n) is 9.18. The van der Waals surface area contributed by atoms with E-state index in [2.05, 4.69) is 11.4 Å². The second-order valence-corrected chi connectivity index (χ2v) is 6.44. The Kier molecular flexibility index (Phi) is 4.89. The number of anilines is 1. The minimum atomic E-state index is -0.123. The van der Waals surface area contributed by atoms with Crippen LogP contribution < -0.4 is 14.8 Å². The third-order valence-corrected chi connectivity index (χ3v) is 4.64. The summed E-state index contributed by atoms with van der Waals surface area (Å²) in [5.74, 6) is 1.11. The molecule has 5 heteroatoms. The highest BCUT2D eigenvalue weighted by molar-refractivity contribution is 6.09. The summed E-state index contributed by atoms with van der Waals surface area (Å²) in [6, 6.07) is 17.4. The second-order valence-electron chi connectivity index (χ2n) is 6.44. The number of furan rings is 1. The monoisotopic (exact) mass is 375 g/mol. The summed E-state index contributed by atoms with van der Waals surface area (Å²) in [6.07, 6.45) is 1.88. The van der Waals surface area contributed by atoms with E-state index in [0.717, 1.165) is 27.3 Å². The van der Waals surface area contributed by atoms with E-state index >= 15 is 0 Å². The number of fused-ring (bicyclic) bond motifs is 3. The van der Waals surface area contributed by atoms with Crippen LogP contribution in [0.1, 0.15) is 12.5 Å². The fraction of sp³-hybridized carbons (Fsp3) is 0.174. The quantitative estimate of drug-likeness (QED) is 0.505. The molecule has 0 radical (unpaired) electrons. The van der Waals surface area contributed by atoms with Crippen LogP contribution in [0, 0.1) is 0 Å². The third-order valence-electron chi connectivity index (χ3n) is 4.64. The van der Waals surface area contributed by atoms with Gasteiger partial charge in [-0.05, 0) is 35.9 Å². The number of nitrogens with one attached hydrogen (secondary N) is 1. The minimum Gasteiger partial charge on any atom is -0.493 e. The van der Waals surface area contributed by atoms with E-state index in [1.165, 1.54) is 0 Å². The summed E-state index contributed by atoms with van der Waals surface area (Å²) in [5, 5.41) is 6.11. The lowest BCUT2D eigenvalue weighted by atomic mass is 10.0. The molecule has 1 amide bonds. The van der Waals surface area contributed by atoms with Crippen LogP contribution in [0.5, 0.6) is 11.5 Å². The van der Waals surface area contributed by atoms with E-state index < -0.39 is 0 Å². The highest BCUT2D eigenvalue weighted by atomic mass is 16.5. The van der Waals surface area contributed by atoms with Crippen molar-refractivity contribution in [3.63, 3.8) is 0 Å². The molecule has 1 aromatic heterocycles. The second kappa shape index (κ2) is 7.64. The summed E-state index contributed by atoms with van der Waals surface area (Å²) in [4.78, 5) is 12.6. The Morgan fingerprint density at radius 2 is 1.93 bits per heavy atom. The number of hydrogen-bond acceptors (Lipinski definition) is 4. The molecule has 0 bridgehead atoms. The Morgan fingerprint density at radius 3 is 2.75 bits per heavy atom. The van der Waals surface area contributed by atoms with Gasteiger partial charge < -0.3 is 19.2 Å². The number of rotatable bonds is 6. The van der Waals surface area contributed by atoms with E-state index in [4.69, 9.17) is 13.9 Å². The SMILES string of the molecule is CCOc1ccc(NC(=O)Cc2coc3ccc4ccccc4c23)cc1OC. The van der Waals surface area contributed by atoms with Crippen LogP contribution in [-0.4, -0.2) is 19.6 Å². The van der Waals surface area contributed by atoms with Crippen LogP contribution in [0.15, 0.2) is 65.3 Å². The van der Waals surface area contributed by atoms with Crippen molar-refractivity contribution < 1.29 is 18.7 Å². The van der Waals surface area contributed by atoms with Crippen LogP contribution in [0.4, 0.5) is 5.69 Å². The Labute approximate surface area is 162 Å². The van der Waals surface area contributed by atoms with E-state index in [-0.39, 0.29) is 12.3 Å². The van der Waals surface area contributed by atoms with E-state index in [1.54, 1.807) is 31.6 Å². The van der Waals surface area contributed by atoms with E-state index in [0.29, 0.717) is 23.8 Å². The maximum absolute atomic E-state index is 12.6. The molecule has 3 aromatic carbocycles. The summed E-state index contributed by atoms with van der Waals surface area (Å²) in [7, 11) is 1.58. The van der Waals surface area contributed by atoms with Gasteiger partial charge in [-0.15, -0.1) is 0 Å². The molecule has 0 unspecified atom stereocenters. The fourth-order valence-electron chi connectivity index (χ4n) is 3.40. The number of benzene rings is 3. The molecule has 5 nitrogen and oxygen atoms in total. The van der Waals surface area contributed by atoms with E-state index in [9.17, 15) is 4.79 Å². The van der Waals surface area contributed by atoms with Crippen LogP contribution >= 0.6 is 0 Å². The van der Waals surface area contributed by atoms with Crippen LogP contribution in [0.25, 0.3) is 21.7 Å². The minimum absolute atomic E-state index is 0.123. The van der Waals surface area contributed by atoms with Crippen molar-refractivity contribution in [2.24, 2.45) is 0 Å². The zero-order valence-corrected chi connectivity index (χ0v) is 15.8. The first-order valence-corrected chi connectivity index (χ1v) is 9.18. The lowest BCUT2D eigenvalue weighted by molar-refractivity contribution is -0.115. The Bertz CT molecular complexity index is 1150. The number of carbonyl (C=O) groups is 1. The average Bonchev–Trinajstić information content (AvgIpc) is 3.12.